The van der Waals surface area contributed by atoms with Crippen LogP contribution in [0.25, 0.3) is 10.9 Å². The number of benzene rings is 1. The molecule has 2 aromatic rings. The SMILES string of the molecule is Oc1cccc2nc(C(F)(F)F)nc(CC(F)C(F)CF)c12. The van der Waals surface area contributed by atoms with Gasteiger partial charge in [0.05, 0.1) is 16.6 Å². The highest BCUT2D eigenvalue weighted by Gasteiger charge is 2.36. The van der Waals surface area contributed by atoms with Gasteiger partial charge in [-0.05, 0) is 12.1 Å². The third-order valence-electron chi connectivity index (χ3n) is 2.96. The van der Waals surface area contributed by atoms with Crippen LogP contribution in [0.4, 0.5) is 26.3 Å². The topological polar surface area (TPSA) is 46.0 Å². The van der Waals surface area contributed by atoms with Crippen LogP contribution in [0.5, 0.6) is 5.75 Å². The quantitative estimate of drug-likeness (QED) is 0.875. The summed E-state index contributed by atoms with van der Waals surface area (Å²) in [6, 6.07) is 3.57. The first-order chi connectivity index (χ1) is 10.2. The normalized spacial score (nSPS) is 15.0. The number of hydrogen-bond acceptors (Lipinski definition) is 3. The van der Waals surface area contributed by atoms with Crippen molar-refractivity contribution in [1.29, 1.82) is 0 Å². The summed E-state index contributed by atoms with van der Waals surface area (Å²) in [6.07, 6.45) is -10.7. The first-order valence-electron chi connectivity index (χ1n) is 6.14. The molecule has 0 spiro atoms. The zero-order valence-corrected chi connectivity index (χ0v) is 10.9. The molecule has 0 fully saturated rings. The molecule has 9 heteroatoms. The third kappa shape index (κ3) is 3.23. The highest BCUT2D eigenvalue weighted by atomic mass is 19.4. The molecule has 2 unspecified atom stereocenters. The molecule has 0 aliphatic rings. The maximum Gasteiger partial charge on any atom is 0.451 e. The van der Waals surface area contributed by atoms with Gasteiger partial charge in [-0.25, -0.2) is 23.1 Å². The molecule has 0 aliphatic carbocycles. The predicted octanol–water partition coefficient (Wildman–Crippen LogP) is 3.54. The number of nitrogens with zero attached hydrogens (tertiary/aromatic N) is 2. The Balaban J connectivity index is 2.59. The molecule has 0 saturated heterocycles. The van der Waals surface area contributed by atoms with Gasteiger partial charge in [0.25, 0.3) is 0 Å². The van der Waals surface area contributed by atoms with E-state index in [0.29, 0.717) is 0 Å². The van der Waals surface area contributed by atoms with Crippen molar-refractivity contribution in [3.63, 3.8) is 0 Å². The van der Waals surface area contributed by atoms with Crippen molar-refractivity contribution in [3.8, 4) is 5.75 Å². The second-order valence-electron chi connectivity index (χ2n) is 4.55. The molecule has 1 N–H and O–H groups in total. The van der Waals surface area contributed by atoms with Crippen LogP contribution >= 0.6 is 0 Å². The molecule has 1 aromatic heterocycles. The summed E-state index contributed by atoms with van der Waals surface area (Å²) in [6.45, 7) is -1.61. The fraction of sp³-hybridized carbons (Fsp3) is 0.385. The molecular formula is C13H10F6N2O. The minimum atomic E-state index is -4.89. The Labute approximate surface area is 120 Å². The molecule has 0 aliphatic heterocycles. The van der Waals surface area contributed by atoms with Crippen molar-refractivity contribution in [3.05, 3.63) is 29.7 Å². The van der Waals surface area contributed by atoms with Crippen molar-refractivity contribution in [2.24, 2.45) is 0 Å². The average molecular weight is 324 g/mol. The van der Waals surface area contributed by atoms with Gasteiger partial charge in [-0.3, -0.25) is 0 Å². The lowest BCUT2D eigenvalue weighted by molar-refractivity contribution is -0.144. The van der Waals surface area contributed by atoms with Gasteiger partial charge >= 0.3 is 6.18 Å². The van der Waals surface area contributed by atoms with Crippen molar-refractivity contribution in [1.82, 2.24) is 9.97 Å². The lowest BCUT2D eigenvalue weighted by atomic mass is 10.1. The first kappa shape index (κ1) is 16.3. The molecule has 1 heterocycles. The fourth-order valence-electron chi connectivity index (χ4n) is 1.92. The molecule has 0 amide bonds. The third-order valence-corrected chi connectivity index (χ3v) is 2.96. The van der Waals surface area contributed by atoms with Crippen LogP contribution in [-0.2, 0) is 12.6 Å². The van der Waals surface area contributed by atoms with Crippen molar-refractivity contribution in [2.75, 3.05) is 6.67 Å². The van der Waals surface area contributed by atoms with Crippen LogP contribution < -0.4 is 0 Å². The number of fused-ring (bicyclic) bond motifs is 1. The minimum absolute atomic E-state index is 0.218. The molecule has 0 bridgehead atoms. The summed E-state index contributed by atoms with van der Waals surface area (Å²) < 4.78 is 76.9. The van der Waals surface area contributed by atoms with Crippen LogP contribution in [0.2, 0.25) is 0 Å². The van der Waals surface area contributed by atoms with Gasteiger partial charge in [-0.2, -0.15) is 13.2 Å². The van der Waals surface area contributed by atoms with Gasteiger partial charge in [0, 0.05) is 6.42 Å². The van der Waals surface area contributed by atoms with E-state index in [9.17, 15) is 31.4 Å². The van der Waals surface area contributed by atoms with E-state index in [2.05, 4.69) is 9.97 Å². The van der Waals surface area contributed by atoms with Gasteiger partial charge in [0.2, 0.25) is 5.82 Å². The fourth-order valence-corrected chi connectivity index (χ4v) is 1.92. The summed E-state index contributed by atoms with van der Waals surface area (Å²) in [5, 5.41) is 9.48. The largest absolute Gasteiger partial charge is 0.507 e. The lowest BCUT2D eigenvalue weighted by Crippen LogP contribution is -2.23. The van der Waals surface area contributed by atoms with Gasteiger partial charge in [-0.15, -0.1) is 0 Å². The van der Waals surface area contributed by atoms with Crippen LogP contribution in [-0.4, -0.2) is 34.1 Å². The Morgan fingerprint density at radius 3 is 2.36 bits per heavy atom. The Bertz CT molecular complexity index is 675. The van der Waals surface area contributed by atoms with E-state index < -0.39 is 48.9 Å². The first-order valence-corrected chi connectivity index (χ1v) is 6.14. The second kappa shape index (κ2) is 5.98. The molecule has 22 heavy (non-hydrogen) atoms. The number of aromatic hydroxyl groups is 1. The monoisotopic (exact) mass is 324 g/mol. The zero-order chi connectivity index (χ0) is 16.5. The van der Waals surface area contributed by atoms with Gasteiger partial charge in [-0.1, -0.05) is 6.07 Å². The highest BCUT2D eigenvalue weighted by Crippen LogP contribution is 2.32. The number of phenols is 1. The van der Waals surface area contributed by atoms with E-state index in [-0.39, 0.29) is 10.9 Å². The highest BCUT2D eigenvalue weighted by molar-refractivity contribution is 5.87. The maximum atomic E-state index is 13.5. The van der Waals surface area contributed by atoms with Crippen LogP contribution in [0, 0.1) is 0 Å². The Hall–Kier alpha value is -2.06. The number of alkyl halides is 6. The van der Waals surface area contributed by atoms with Crippen LogP contribution in [0.1, 0.15) is 11.5 Å². The maximum absolute atomic E-state index is 13.5. The smallest absolute Gasteiger partial charge is 0.451 e. The molecule has 1 aromatic carbocycles. The number of aromatic nitrogens is 2. The molecule has 120 valence electrons. The van der Waals surface area contributed by atoms with E-state index >= 15 is 0 Å². The van der Waals surface area contributed by atoms with Crippen molar-refractivity contribution in [2.45, 2.75) is 24.9 Å². The number of phenolic OH excluding ortho intramolecular Hbond substituents is 1. The summed E-state index contributed by atoms with van der Waals surface area (Å²) in [5.41, 5.74) is -0.792. The molecular weight excluding hydrogens is 314 g/mol. The van der Waals surface area contributed by atoms with Crippen molar-refractivity contribution < 1.29 is 31.4 Å². The average Bonchev–Trinajstić information content (AvgIpc) is 2.45. The summed E-state index contributed by atoms with van der Waals surface area (Å²) >= 11 is 0. The molecule has 0 saturated carbocycles. The van der Waals surface area contributed by atoms with Gasteiger partial charge in [0.1, 0.15) is 18.6 Å². The molecule has 3 nitrogen and oxygen atoms in total. The van der Waals surface area contributed by atoms with Crippen LogP contribution in [0.15, 0.2) is 18.2 Å². The number of rotatable bonds is 4. The number of halogens is 6. The van der Waals surface area contributed by atoms with E-state index in [1.165, 1.54) is 12.1 Å². The van der Waals surface area contributed by atoms with Crippen LogP contribution in [0.3, 0.4) is 0 Å². The lowest BCUT2D eigenvalue weighted by Gasteiger charge is -2.14. The van der Waals surface area contributed by atoms with E-state index in [0.717, 1.165) is 6.07 Å². The number of hydrogen-bond donors (Lipinski definition) is 1. The Morgan fingerprint density at radius 1 is 1.09 bits per heavy atom. The minimum Gasteiger partial charge on any atom is -0.507 e. The van der Waals surface area contributed by atoms with E-state index in [1.54, 1.807) is 0 Å². The molecule has 2 atom stereocenters. The zero-order valence-electron chi connectivity index (χ0n) is 10.9. The summed E-state index contributed by atoms with van der Waals surface area (Å²) in [7, 11) is 0. The molecule has 2 rings (SSSR count). The van der Waals surface area contributed by atoms with Gasteiger partial charge < -0.3 is 5.11 Å². The van der Waals surface area contributed by atoms with Crippen molar-refractivity contribution >= 4 is 10.9 Å². The van der Waals surface area contributed by atoms with E-state index in [1.807, 2.05) is 0 Å². The standard InChI is InChI=1S/C13H10F6N2O/c14-5-7(16)6(15)4-9-11-8(2-1-3-10(11)22)20-12(21-9)13(17,18)19/h1-3,6-7,22H,4-5H2. The molecule has 0 radical (unpaired) electrons. The predicted molar refractivity (Wildman–Crippen MR) is 65.7 cm³/mol. The van der Waals surface area contributed by atoms with E-state index in [4.69, 9.17) is 0 Å². The Kier molecular flexibility index (Phi) is 4.43. The van der Waals surface area contributed by atoms with Gasteiger partial charge in [0.15, 0.2) is 6.17 Å². The summed E-state index contributed by atoms with van der Waals surface area (Å²) in [5.74, 6) is -2.01. The summed E-state index contributed by atoms with van der Waals surface area (Å²) in [4.78, 5) is 6.42. The second-order valence-corrected chi connectivity index (χ2v) is 4.55. The Morgan fingerprint density at radius 2 is 1.77 bits per heavy atom.